The normalized spacial score (nSPS) is 54.7. The molecule has 15 nitrogen and oxygen atoms in total. The van der Waals surface area contributed by atoms with Gasteiger partial charge in [0.15, 0.2) is 18.4 Å². The van der Waals surface area contributed by atoms with Gasteiger partial charge in [-0.25, -0.2) is 4.18 Å². The van der Waals surface area contributed by atoms with Gasteiger partial charge in [0.05, 0.1) is 37.6 Å². The molecule has 20 atom stereocenters. The number of fused-ring (bicyclic) bond motifs is 7. The molecule has 0 bridgehead atoms. The third-order valence-corrected chi connectivity index (χ3v) is 15.7. The average Bonchev–Trinajstić information content (AvgIpc) is 3.55. The molecule has 4 saturated heterocycles. The Morgan fingerprint density at radius 1 is 0.944 bits per heavy atom. The fourth-order valence-electron chi connectivity index (χ4n) is 12.4. The van der Waals surface area contributed by atoms with Crippen molar-refractivity contribution in [3.63, 3.8) is 0 Å². The molecule has 7 fully saturated rings. The smallest absolute Gasteiger partial charge is 0.393 e. The zero-order valence-electron chi connectivity index (χ0n) is 31.4. The van der Waals surface area contributed by atoms with Gasteiger partial charge in [-0.1, -0.05) is 44.6 Å². The van der Waals surface area contributed by atoms with E-state index < -0.39 is 95.7 Å². The molecule has 0 aromatic carbocycles. The molecule has 0 aromatic rings. The SMILES string of the molecule is C=C1CC[C@@]2(OC1)O[C@H]1C[C@@H]3[C@H]4CC=C5C[C@@H](O)C[C@@H](O[C@@H]6OC[C@H](OS(=O)(=O)O)[C@H](O)[C@H]6O[C@@H]6O[C@@H](C)[C@H](O)[C@@H](O)[C@H]6O)[C@]5(C)[C@H]4CC[C@]3(C)[C@H]1[C@@H]2C. The lowest BCUT2D eigenvalue weighted by Gasteiger charge is -2.60. The topological polar surface area (TPSA) is 220 Å². The summed E-state index contributed by atoms with van der Waals surface area (Å²) in [6.07, 6.45) is -6.40. The molecular formula is C38H58O15S. The second kappa shape index (κ2) is 14.0. The molecule has 3 saturated carbocycles. The Kier molecular flexibility index (Phi) is 10.3. The predicted octanol–water partition coefficient (Wildman–Crippen LogP) is 1.75. The minimum absolute atomic E-state index is 0.0481. The number of hydrogen-bond donors (Lipinski definition) is 6. The van der Waals surface area contributed by atoms with Gasteiger partial charge in [-0.2, -0.15) is 8.42 Å². The van der Waals surface area contributed by atoms with Crippen LogP contribution >= 0.6 is 0 Å². The summed E-state index contributed by atoms with van der Waals surface area (Å²) in [5.74, 6) is 0.946. The lowest BCUT2D eigenvalue weighted by Crippen LogP contribution is -2.63. The number of ether oxygens (including phenoxy) is 6. The first-order valence-corrected chi connectivity index (χ1v) is 21.0. The van der Waals surface area contributed by atoms with Gasteiger partial charge < -0.3 is 54.0 Å². The van der Waals surface area contributed by atoms with Gasteiger partial charge in [-0.15, -0.1) is 0 Å². The second-order valence-corrected chi connectivity index (χ2v) is 19.0. The van der Waals surface area contributed by atoms with Crippen molar-refractivity contribution in [2.45, 2.75) is 158 Å². The van der Waals surface area contributed by atoms with Crippen LogP contribution in [0.3, 0.4) is 0 Å². The van der Waals surface area contributed by atoms with Crippen molar-refractivity contribution in [3.8, 4) is 0 Å². The standard InChI is InChI=1S/C38H58O15S/c1-17-8-11-38(48-15-17)18(2)28-25(52-38)14-24-22-7-6-20-12-21(39)13-27(37(20,5)23(22)9-10-36(24,28)4)50-35-33(30(41)26(16-47-35)53-54(44,45)46)51-34-32(43)31(42)29(40)19(3)49-34/h6,18-19,21-35,39-43H,1,7-16H2,2-5H3,(H,44,45,46)/t18-,19-,21+,22-,23-,24+,25-,26-,27+,28-,29-,30-,31+,32+,33+,34-,35-,36-,37-,38+/m0/s1. The van der Waals surface area contributed by atoms with E-state index in [4.69, 9.17) is 32.6 Å². The van der Waals surface area contributed by atoms with Gasteiger partial charge in [0, 0.05) is 24.2 Å². The number of aliphatic hydroxyl groups is 5. The molecule has 0 aromatic heterocycles. The molecule has 0 unspecified atom stereocenters. The molecule has 4 aliphatic carbocycles. The Balaban J connectivity index is 1.06. The maximum absolute atomic E-state index is 11.7. The highest BCUT2D eigenvalue weighted by Crippen LogP contribution is 2.71. The molecule has 1 spiro atoms. The average molecular weight is 787 g/mol. The van der Waals surface area contributed by atoms with Crippen LogP contribution in [-0.4, -0.2) is 131 Å². The Morgan fingerprint density at radius 3 is 2.41 bits per heavy atom. The molecule has 8 rings (SSSR count). The highest BCUT2D eigenvalue weighted by atomic mass is 32.3. The first-order chi connectivity index (χ1) is 25.4. The molecular weight excluding hydrogens is 728 g/mol. The molecule has 0 amide bonds. The van der Waals surface area contributed by atoms with Crippen LogP contribution in [0.4, 0.5) is 0 Å². The second-order valence-electron chi connectivity index (χ2n) is 18.0. The summed E-state index contributed by atoms with van der Waals surface area (Å²) in [7, 11) is -5.02. The summed E-state index contributed by atoms with van der Waals surface area (Å²) >= 11 is 0. The summed E-state index contributed by atoms with van der Waals surface area (Å²) < 4.78 is 75.2. The van der Waals surface area contributed by atoms with Crippen LogP contribution in [0.5, 0.6) is 0 Å². The van der Waals surface area contributed by atoms with Crippen molar-refractivity contribution in [1.29, 1.82) is 0 Å². The molecule has 306 valence electrons. The fraction of sp³-hybridized carbons (Fsp3) is 0.895. The Hall–Kier alpha value is -1.09. The summed E-state index contributed by atoms with van der Waals surface area (Å²) in [5.41, 5.74) is 1.72. The van der Waals surface area contributed by atoms with Crippen LogP contribution < -0.4 is 0 Å². The number of aliphatic hydroxyl groups excluding tert-OH is 5. The minimum atomic E-state index is -5.02. The molecule has 16 heteroatoms. The third-order valence-electron chi connectivity index (χ3n) is 15.2. The summed E-state index contributed by atoms with van der Waals surface area (Å²) in [6, 6.07) is 0. The van der Waals surface area contributed by atoms with Crippen LogP contribution in [0, 0.1) is 40.4 Å². The van der Waals surface area contributed by atoms with E-state index in [9.17, 15) is 38.5 Å². The van der Waals surface area contributed by atoms with E-state index >= 15 is 0 Å². The van der Waals surface area contributed by atoms with Crippen molar-refractivity contribution in [1.82, 2.24) is 0 Å². The highest BCUT2D eigenvalue weighted by Gasteiger charge is 2.69. The van der Waals surface area contributed by atoms with E-state index in [0.717, 1.165) is 49.7 Å². The molecule has 6 N–H and O–H groups in total. The van der Waals surface area contributed by atoms with Crippen molar-refractivity contribution in [2.75, 3.05) is 13.2 Å². The molecule has 0 radical (unpaired) electrons. The number of rotatable bonds is 6. The first-order valence-electron chi connectivity index (χ1n) is 19.7. The third kappa shape index (κ3) is 6.39. The van der Waals surface area contributed by atoms with E-state index in [0.29, 0.717) is 30.8 Å². The number of hydrogen-bond acceptors (Lipinski definition) is 14. The lowest BCUT2D eigenvalue weighted by molar-refractivity contribution is -0.361. The van der Waals surface area contributed by atoms with Gasteiger partial charge >= 0.3 is 10.4 Å². The van der Waals surface area contributed by atoms with Gasteiger partial charge in [-0.3, -0.25) is 4.55 Å². The van der Waals surface area contributed by atoms with E-state index in [2.05, 4.69) is 33.4 Å². The predicted molar refractivity (Wildman–Crippen MR) is 187 cm³/mol. The quantitative estimate of drug-likeness (QED) is 0.167. The van der Waals surface area contributed by atoms with Crippen LogP contribution in [0.1, 0.15) is 79.1 Å². The summed E-state index contributed by atoms with van der Waals surface area (Å²) in [4.78, 5) is 0. The molecule has 8 aliphatic rings. The molecule has 54 heavy (non-hydrogen) atoms. The van der Waals surface area contributed by atoms with Gasteiger partial charge in [0.25, 0.3) is 0 Å². The molecule has 4 aliphatic heterocycles. The van der Waals surface area contributed by atoms with Gasteiger partial charge in [-0.05, 0) is 74.5 Å². The summed E-state index contributed by atoms with van der Waals surface area (Å²) in [5, 5.41) is 54.1. The zero-order valence-corrected chi connectivity index (χ0v) is 32.3. The number of allylic oxidation sites excluding steroid dienone is 1. The highest BCUT2D eigenvalue weighted by molar-refractivity contribution is 7.80. The van der Waals surface area contributed by atoms with Crippen molar-refractivity contribution in [3.05, 3.63) is 23.8 Å². The van der Waals surface area contributed by atoms with E-state index in [1.165, 1.54) is 6.92 Å². The van der Waals surface area contributed by atoms with Gasteiger partial charge in [0.2, 0.25) is 0 Å². The van der Waals surface area contributed by atoms with Crippen LogP contribution in [0.25, 0.3) is 0 Å². The maximum atomic E-state index is 11.7. The monoisotopic (exact) mass is 786 g/mol. The van der Waals surface area contributed by atoms with E-state index in [1.54, 1.807) is 0 Å². The lowest BCUT2D eigenvalue weighted by atomic mass is 9.46. The van der Waals surface area contributed by atoms with Crippen LogP contribution in [-0.2, 0) is 43.0 Å². The maximum Gasteiger partial charge on any atom is 0.397 e. The van der Waals surface area contributed by atoms with Crippen molar-refractivity contribution >= 4 is 10.4 Å². The van der Waals surface area contributed by atoms with Crippen LogP contribution in [0.2, 0.25) is 0 Å². The first kappa shape index (κ1) is 39.7. The minimum Gasteiger partial charge on any atom is -0.393 e. The van der Waals surface area contributed by atoms with E-state index in [-0.39, 0.29) is 29.8 Å². The van der Waals surface area contributed by atoms with Crippen LogP contribution in [0.15, 0.2) is 23.8 Å². The summed E-state index contributed by atoms with van der Waals surface area (Å²) in [6.45, 7) is 12.6. The van der Waals surface area contributed by atoms with Gasteiger partial charge in [0.1, 0.15) is 36.6 Å². The largest absolute Gasteiger partial charge is 0.397 e. The Bertz CT molecular complexity index is 1580. The Labute approximate surface area is 316 Å². The van der Waals surface area contributed by atoms with E-state index in [1.807, 2.05) is 0 Å². The fourth-order valence-corrected chi connectivity index (χ4v) is 12.9. The van der Waals surface area contributed by atoms with Crippen molar-refractivity contribution in [2.24, 2.45) is 40.4 Å². The van der Waals surface area contributed by atoms with Crippen molar-refractivity contribution < 1.29 is 71.1 Å². The Morgan fingerprint density at radius 2 is 1.70 bits per heavy atom. The zero-order chi connectivity index (χ0) is 38.7. The molecule has 4 heterocycles.